The molecule has 3 fully saturated rings. The predicted molar refractivity (Wildman–Crippen MR) is 108 cm³/mol. The van der Waals surface area contributed by atoms with Crippen LogP contribution in [0, 0.1) is 5.92 Å². The molecular formula is C20H28N4O2S. The van der Waals surface area contributed by atoms with E-state index in [1.807, 2.05) is 33.7 Å². The number of pyridine rings is 1. The summed E-state index contributed by atoms with van der Waals surface area (Å²) in [7, 11) is 0. The number of likely N-dealkylation sites (tertiary alicyclic amines) is 2. The summed E-state index contributed by atoms with van der Waals surface area (Å²) in [5, 5.41) is 3.44. The molecule has 146 valence electrons. The van der Waals surface area contributed by atoms with E-state index in [2.05, 4.69) is 10.3 Å². The number of thioether (sulfide) groups is 1. The summed E-state index contributed by atoms with van der Waals surface area (Å²) < 4.78 is 0. The maximum atomic E-state index is 12.8. The molecule has 0 aromatic carbocycles. The molecule has 27 heavy (non-hydrogen) atoms. The minimum Gasteiger partial charge on any atom is -0.366 e. The van der Waals surface area contributed by atoms with Crippen molar-refractivity contribution in [1.82, 2.24) is 14.8 Å². The first-order chi connectivity index (χ1) is 13.2. The lowest BCUT2D eigenvalue weighted by Gasteiger charge is -2.34. The number of aromatic nitrogens is 1. The van der Waals surface area contributed by atoms with Crippen LogP contribution in [0.3, 0.4) is 0 Å². The average Bonchev–Trinajstić information content (AvgIpc) is 3.35. The molecular weight excluding hydrogens is 360 g/mol. The molecule has 0 aliphatic carbocycles. The molecule has 3 aliphatic rings. The Balaban J connectivity index is 1.26. The second-order valence-corrected chi connectivity index (χ2v) is 8.97. The summed E-state index contributed by atoms with van der Waals surface area (Å²) in [6.07, 6.45) is 6.51. The molecule has 1 aromatic rings. The van der Waals surface area contributed by atoms with Gasteiger partial charge in [-0.05, 0) is 49.5 Å². The summed E-state index contributed by atoms with van der Waals surface area (Å²) in [6, 6.07) is 4.29. The van der Waals surface area contributed by atoms with Crippen molar-refractivity contribution in [2.75, 3.05) is 43.0 Å². The van der Waals surface area contributed by atoms with Crippen molar-refractivity contribution in [2.24, 2.45) is 5.92 Å². The Bertz CT molecular complexity index is 667. The third kappa shape index (κ3) is 4.57. The van der Waals surface area contributed by atoms with Crippen LogP contribution in [0.25, 0.3) is 0 Å². The van der Waals surface area contributed by atoms with Gasteiger partial charge >= 0.3 is 0 Å². The van der Waals surface area contributed by atoms with Crippen LogP contribution >= 0.6 is 11.8 Å². The highest BCUT2D eigenvalue weighted by molar-refractivity contribution is 7.99. The lowest BCUT2D eigenvalue weighted by molar-refractivity contribution is -0.128. The fourth-order valence-corrected chi connectivity index (χ4v) is 5.33. The number of hydrogen-bond acceptors (Lipinski definition) is 5. The zero-order chi connectivity index (χ0) is 18.6. The predicted octanol–water partition coefficient (Wildman–Crippen LogP) is 2.47. The Labute approximate surface area is 165 Å². The van der Waals surface area contributed by atoms with Gasteiger partial charge in [-0.3, -0.25) is 9.59 Å². The van der Waals surface area contributed by atoms with Crippen molar-refractivity contribution in [3.05, 3.63) is 23.9 Å². The molecule has 6 nitrogen and oxygen atoms in total. The SMILES string of the molecule is O=C1CCCN1CC1CCN(C(=O)c2ccc(N[C@@H]3CCSC3)nc2)CC1. The number of carbonyl (C=O) groups is 2. The molecule has 4 rings (SSSR count). The van der Waals surface area contributed by atoms with Crippen LogP contribution < -0.4 is 5.32 Å². The summed E-state index contributed by atoms with van der Waals surface area (Å²) >= 11 is 1.97. The van der Waals surface area contributed by atoms with Gasteiger partial charge < -0.3 is 15.1 Å². The van der Waals surface area contributed by atoms with Crippen LogP contribution in [0.15, 0.2) is 18.3 Å². The minimum absolute atomic E-state index is 0.0705. The van der Waals surface area contributed by atoms with Gasteiger partial charge in [0.2, 0.25) is 5.91 Å². The van der Waals surface area contributed by atoms with Crippen molar-refractivity contribution in [2.45, 2.75) is 38.1 Å². The Morgan fingerprint density at radius 1 is 1.22 bits per heavy atom. The standard InChI is InChI=1S/C20H28N4O2S/c25-19-2-1-8-24(19)13-15-5-9-23(10-6-15)20(26)16-3-4-18(21-12-16)22-17-7-11-27-14-17/h3-4,12,15,17H,1-2,5-11,13-14H2,(H,21,22)/t17-/m1/s1. The summed E-state index contributed by atoms with van der Waals surface area (Å²) in [5.74, 6) is 4.07. The number of amides is 2. The summed E-state index contributed by atoms with van der Waals surface area (Å²) in [6.45, 7) is 3.31. The van der Waals surface area contributed by atoms with Crippen LogP contribution in [0.5, 0.6) is 0 Å². The molecule has 3 aliphatic heterocycles. The fourth-order valence-electron chi connectivity index (χ4n) is 4.17. The van der Waals surface area contributed by atoms with Crippen LogP contribution in [0.2, 0.25) is 0 Å². The smallest absolute Gasteiger partial charge is 0.255 e. The third-order valence-electron chi connectivity index (χ3n) is 5.84. The van der Waals surface area contributed by atoms with Crippen molar-refractivity contribution < 1.29 is 9.59 Å². The number of rotatable bonds is 5. The number of piperidine rings is 1. The molecule has 1 atom stereocenters. The zero-order valence-corrected chi connectivity index (χ0v) is 16.5. The molecule has 0 saturated carbocycles. The Morgan fingerprint density at radius 2 is 2.07 bits per heavy atom. The van der Waals surface area contributed by atoms with Gasteiger partial charge in [0.15, 0.2) is 0 Å². The largest absolute Gasteiger partial charge is 0.366 e. The molecule has 7 heteroatoms. The lowest BCUT2D eigenvalue weighted by Crippen LogP contribution is -2.41. The Hall–Kier alpha value is -1.76. The van der Waals surface area contributed by atoms with Gasteiger partial charge in [0, 0.05) is 50.6 Å². The van der Waals surface area contributed by atoms with Crippen LogP contribution in [-0.4, -0.2) is 70.3 Å². The van der Waals surface area contributed by atoms with Gasteiger partial charge in [0.05, 0.1) is 5.56 Å². The Morgan fingerprint density at radius 3 is 2.70 bits per heavy atom. The van der Waals surface area contributed by atoms with E-state index in [-0.39, 0.29) is 5.91 Å². The van der Waals surface area contributed by atoms with Crippen LogP contribution in [-0.2, 0) is 4.79 Å². The van der Waals surface area contributed by atoms with Crippen molar-refractivity contribution in [1.29, 1.82) is 0 Å². The first-order valence-electron chi connectivity index (χ1n) is 10.1. The van der Waals surface area contributed by atoms with Crippen molar-refractivity contribution >= 4 is 29.4 Å². The van der Waals surface area contributed by atoms with E-state index in [1.54, 1.807) is 6.20 Å². The topological polar surface area (TPSA) is 65.5 Å². The minimum atomic E-state index is 0.0705. The van der Waals surface area contributed by atoms with E-state index in [4.69, 9.17) is 0 Å². The summed E-state index contributed by atoms with van der Waals surface area (Å²) in [4.78, 5) is 32.9. The van der Waals surface area contributed by atoms with Gasteiger partial charge in [0.1, 0.15) is 5.82 Å². The van der Waals surface area contributed by atoms with Gasteiger partial charge in [-0.1, -0.05) is 0 Å². The molecule has 2 amide bonds. The average molecular weight is 389 g/mol. The zero-order valence-electron chi connectivity index (χ0n) is 15.7. The quantitative estimate of drug-likeness (QED) is 0.839. The molecule has 3 saturated heterocycles. The van der Waals surface area contributed by atoms with Gasteiger partial charge in [0.25, 0.3) is 5.91 Å². The second kappa shape index (κ2) is 8.50. The van der Waals surface area contributed by atoms with Crippen molar-refractivity contribution in [3.63, 3.8) is 0 Å². The van der Waals surface area contributed by atoms with Gasteiger partial charge in [-0.25, -0.2) is 4.98 Å². The molecule has 0 radical (unpaired) electrons. The van der Waals surface area contributed by atoms with Crippen LogP contribution in [0.1, 0.15) is 42.5 Å². The molecule has 1 N–H and O–H groups in total. The van der Waals surface area contributed by atoms with Crippen LogP contribution in [0.4, 0.5) is 5.82 Å². The second-order valence-electron chi connectivity index (χ2n) is 7.82. The highest BCUT2D eigenvalue weighted by Gasteiger charge is 2.28. The number of hydrogen-bond donors (Lipinski definition) is 1. The molecule has 0 spiro atoms. The fraction of sp³-hybridized carbons (Fsp3) is 0.650. The van der Waals surface area contributed by atoms with E-state index >= 15 is 0 Å². The Kier molecular flexibility index (Phi) is 5.86. The summed E-state index contributed by atoms with van der Waals surface area (Å²) in [5.41, 5.74) is 0.662. The molecule has 0 unspecified atom stereocenters. The lowest BCUT2D eigenvalue weighted by atomic mass is 9.96. The molecule has 1 aromatic heterocycles. The number of nitrogens with zero attached hydrogens (tertiary/aromatic N) is 3. The number of anilines is 1. The van der Waals surface area contributed by atoms with Gasteiger partial charge in [-0.2, -0.15) is 11.8 Å². The molecule has 0 bridgehead atoms. The highest BCUT2D eigenvalue weighted by Crippen LogP contribution is 2.23. The maximum absolute atomic E-state index is 12.8. The number of nitrogens with one attached hydrogen (secondary N) is 1. The highest BCUT2D eigenvalue weighted by atomic mass is 32.2. The van der Waals surface area contributed by atoms with E-state index in [9.17, 15) is 9.59 Å². The van der Waals surface area contributed by atoms with Crippen molar-refractivity contribution in [3.8, 4) is 0 Å². The van der Waals surface area contributed by atoms with E-state index in [1.165, 1.54) is 12.2 Å². The van der Waals surface area contributed by atoms with E-state index < -0.39 is 0 Å². The first-order valence-corrected chi connectivity index (χ1v) is 11.2. The van der Waals surface area contributed by atoms with Gasteiger partial charge in [-0.15, -0.1) is 0 Å². The van der Waals surface area contributed by atoms with E-state index in [0.29, 0.717) is 29.9 Å². The normalized spacial score (nSPS) is 23.9. The monoisotopic (exact) mass is 388 g/mol. The third-order valence-corrected chi connectivity index (χ3v) is 7.01. The maximum Gasteiger partial charge on any atom is 0.255 e. The van der Waals surface area contributed by atoms with E-state index in [0.717, 1.165) is 57.0 Å². The molecule has 4 heterocycles. The first kappa shape index (κ1) is 18.6. The number of carbonyl (C=O) groups excluding carboxylic acids is 2.